The molecule has 2 unspecified atom stereocenters. The van der Waals surface area contributed by atoms with E-state index in [9.17, 15) is 33.3 Å². The van der Waals surface area contributed by atoms with E-state index in [0.717, 1.165) is 51.4 Å². The van der Waals surface area contributed by atoms with E-state index in [4.69, 9.17) is 27.6 Å². The standard InChI is InChI=1S/C85H124N4O13P2/c1-7-13-19-25-29-33-37-41-45-51-57-63-79(61-55-49-23-17-11-5)67-71-97-75-81(88-83(90)65-59-53-47-43-39-35-31-27-21-15-9-3)77-101-103(93,94)99-73-69-86-85(92)87-70-74-100-104(95,96)102-78-82(89-84(91)66-60-54-48-44-40-36-32-28-22-16-10-4)76-98-72-68-80(62-56-50-24-18-12-6)64-58-52-46-42-38-34-30-26-20-14-8-2/h79-82H,7-8,11-14,17-20,23-26,29-30,33-34,37-38,41-42,45-46,49-52,55-58,61-64,67-78H2,1-6H3,(H,88,90)(H,89,91)(H,93,94)(H,95,96)(H2,86,87,92)/t79-,80-,81-,82-/m1/s1. The number of amides is 4. The summed E-state index contributed by atoms with van der Waals surface area (Å²) in [5.74, 6) is 59.6. The molecule has 19 heteroatoms. The fourth-order valence-electron chi connectivity index (χ4n) is 10.7. The summed E-state index contributed by atoms with van der Waals surface area (Å²) in [5.41, 5.74) is 0. The van der Waals surface area contributed by atoms with E-state index in [1.165, 1.54) is 193 Å². The largest absolute Gasteiger partial charge is 0.472 e. The lowest BCUT2D eigenvalue weighted by atomic mass is 9.91. The second kappa shape index (κ2) is 74.3. The molecule has 6 N–H and O–H groups in total. The molecule has 17 nitrogen and oxygen atoms in total. The molecule has 0 saturated heterocycles. The minimum absolute atomic E-state index is 0.0522. The molecule has 104 heavy (non-hydrogen) atoms. The van der Waals surface area contributed by atoms with Gasteiger partial charge in [0.2, 0.25) is 0 Å². The fourth-order valence-corrected chi connectivity index (χ4v) is 12.3. The number of carbonyl (C=O) groups is 3. The molecule has 0 aliphatic carbocycles. The highest BCUT2D eigenvalue weighted by atomic mass is 31.2. The number of phosphoric acid groups is 2. The van der Waals surface area contributed by atoms with Crippen LogP contribution in [0.1, 0.15) is 286 Å². The van der Waals surface area contributed by atoms with Crippen molar-refractivity contribution in [1.82, 2.24) is 21.3 Å². The number of nitrogens with one attached hydrogen (secondary N) is 4. The SMILES string of the molecule is CC#CC#CC#CC#CC#CC#CC(=O)N[C@H](COCC[C@H](CCCCCCC)CCCCCCCCCCCCC)COP(=O)(O)OCCNC(=O)NCCOP(=O)(O)OC[C@@H](COCC[C@H](CCCCCCC)CCCCCCCCCCCCC)NC(=O)C#CC#CC#CC#CC#CC#CC. The Bertz CT molecular complexity index is 3030. The lowest BCUT2D eigenvalue weighted by Gasteiger charge is -2.21. The third-order valence-electron chi connectivity index (χ3n) is 16.4. The molecule has 6 atom stereocenters. The molecule has 0 radical (unpaired) electrons. The number of hydrogen-bond donors (Lipinski definition) is 6. The van der Waals surface area contributed by atoms with Gasteiger partial charge in [-0.25, -0.2) is 13.9 Å². The van der Waals surface area contributed by atoms with Crippen LogP contribution < -0.4 is 21.3 Å². The van der Waals surface area contributed by atoms with Crippen LogP contribution in [0.5, 0.6) is 0 Å². The number of rotatable bonds is 62. The summed E-state index contributed by atoms with van der Waals surface area (Å²) in [6.45, 7) is 10.6. The summed E-state index contributed by atoms with van der Waals surface area (Å²) >= 11 is 0. The number of hydrogen-bond acceptors (Lipinski definition) is 11. The molecular formula is C85H124N4O13P2. The van der Waals surface area contributed by atoms with Gasteiger partial charge < -0.3 is 40.5 Å². The van der Waals surface area contributed by atoms with E-state index in [1.54, 1.807) is 13.8 Å². The van der Waals surface area contributed by atoms with Crippen molar-refractivity contribution >= 4 is 33.5 Å². The zero-order valence-corrected chi connectivity index (χ0v) is 65.8. The topological polar surface area (TPSA) is 229 Å². The fraction of sp³-hybridized carbons (Fsp3) is 0.682. The molecule has 0 aromatic heterocycles. The number of urea groups is 1. The molecule has 0 aromatic rings. The molecule has 4 amide bonds. The molecule has 0 aliphatic rings. The van der Waals surface area contributed by atoms with Crippen LogP contribution in [0.2, 0.25) is 0 Å². The summed E-state index contributed by atoms with van der Waals surface area (Å²) in [5, 5.41) is 10.3. The summed E-state index contributed by atoms with van der Waals surface area (Å²) in [4.78, 5) is 59.9. The molecule has 0 rings (SSSR count). The van der Waals surface area contributed by atoms with Gasteiger partial charge >= 0.3 is 21.7 Å². The number of carbonyl (C=O) groups excluding carboxylic acids is 3. The molecular weight excluding hydrogens is 1350 g/mol. The first-order valence-electron chi connectivity index (χ1n) is 38.6. The molecule has 572 valence electrons. The van der Waals surface area contributed by atoms with Crippen molar-refractivity contribution in [2.45, 2.75) is 298 Å². The van der Waals surface area contributed by atoms with Gasteiger partial charge in [-0.2, -0.15) is 0 Å². The van der Waals surface area contributed by atoms with Crippen molar-refractivity contribution in [3.05, 3.63) is 0 Å². The number of ether oxygens (including phenoxy) is 2. The Balaban J connectivity index is 5.72. The van der Waals surface area contributed by atoms with Crippen LogP contribution in [0, 0.1) is 154 Å². The van der Waals surface area contributed by atoms with Gasteiger partial charge in [-0.15, -0.1) is 0 Å². The van der Waals surface area contributed by atoms with Gasteiger partial charge in [-0.1, -0.05) is 271 Å². The normalized spacial score (nSPS) is 12.2. The monoisotopic (exact) mass is 1470 g/mol. The molecule has 0 aliphatic heterocycles. The number of phosphoric ester groups is 2. The van der Waals surface area contributed by atoms with Gasteiger partial charge in [0.1, 0.15) is 0 Å². The predicted octanol–water partition coefficient (Wildman–Crippen LogP) is 15.8. The Morgan fingerprint density at radius 2 is 0.567 bits per heavy atom. The van der Waals surface area contributed by atoms with Gasteiger partial charge in [0, 0.05) is 38.1 Å². The zero-order chi connectivity index (χ0) is 76.0. The van der Waals surface area contributed by atoms with Gasteiger partial charge in [-0.05, 0) is 157 Å². The first kappa shape index (κ1) is 97.1. The minimum atomic E-state index is -4.75. The van der Waals surface area contributed by atoms with E-state index in [1.807, 2.05) is 0 Å². The van der Waals surface area contributed by atoms with Crippen LogP contribution in [-0.2, 0) is 46.3 Å². The van der Waals surface area contributed by atoms with Crippen molar-refractivity contribution in [2.75, 3.05) is 65.9 Å². The van der Waals surface area contributed by atoms with Crippen LogP contribution in [0.15, 0.2) is 0 Å². The predicted molar refractivity (Wildman–Crippen MR) is 420 cm³/mol. The third-order valence-corrected chi connectivity index (χ3v) is 18.4. The van der Waals surface area contributed by atoms with Gasteiger partial charge in [0.25, 0.3) is 11.8 Å². The van der Waals surface area contributed by atoms with Crippen LogP contribution in [0.4, 0.5) is 4.79 Å². The summed E-state index contributed by atoms with van der Waals surface area (Å²) < 4.78 is 59.3. The van der Waals surface area contributed by atoms with Crippen molar-refractivity contribution < 1.29 is 60.9 Å². The summed E-state index contributed by atoms with van der Waals surface area (Å²) in [7, 11) is -9.49. The Kier molecular flexibility index (Phi) is 69.4. The van der Waals surface area contributed by atoms with Crippen molar-refractivity contribution in [3.8, 4) is 142 Å². The van der Waals surface area contributed by atoms with Crippen molar-refractivity contribution in [1.29, 1.82) is 0 Å². The molecule has 0 bridgehead atoms. The van der Waals surface area contributed by atoms with Crippen molar-refractivity contribution in [3.63, 3.8) is 0 Å². The second-order valence-corrected chi connectivity index (χ2v) is 28.4. The first-order chi connectivity index (χ1) is 50.7. The average molecular weight is 1470 g/mol. The molecule has 0 heterocycles. The summed E-state index contributed by atoms with van der Waals surface area (Å²) in [6, 6.07) is -2.58. The van der Waals surface area contributed by atoms with Crippen LogP contribution >= 0.6 is 15.6 Å². The lowest BCUT2D eigenvalue weighted by molar-refractivity contribution is -0.118. The van der Waals surface area contributed by atoms with E-state index in [2.05, 4.69) is 191 Å². The van der Waals surface area contributed by atoms with E-state index < -0.39 is 72.0 Å². The zero-order valence-electron chi connectivity index (χ0n) is 64.0. The van der Waals surface area contributed by atoms with Crippen LogP contribution in [0.25, 0.3) is 0 Å². The maximum atomic E-state index is 13.1. The Morgan fingerprint density at radius 3 is 0.837 bits per heavy atom. The Hall–Kier alpha value is -6.93. The third kappa shape index (κ3) is 70.7. The Morgan fingerprint density at radius 1 is 0.317 bits per heavy atom. The first-order valence-corrected chi connectivity index (χ1v) is 41.6. The molecule has 0 saturated carbocycles. The maximum absolute atomic E-state index is 13.1. The van der Waals surface area contributed by atoms with Crippen molar-refractivity contribution in [2.24, 2.45) is 11.8 Å². The maximum Gasteiger partial charge on any atom is 0.472 e. The molecule has 0 fully saturated rings. The highest BCUT2D eigenvalue weighted by Gasteiger charge is 2.26. The quantitative estimate of drug-likeness (QED) is 0.0189. The summed E-state index contributed by atoms with van der Waals surface area (Å²) in [6.07, 6.45) is 46.4. The lowest BCUT2D eigenvalue weighted by Crippen LogP contribution is -2.41. The molecule has 0 spiro atoms. The van der Waals surface area contributed by atoms with Gasteiger partial charge in [-0.3, -0.25) is 27.7 Å². The smallest absolute Gasteiger partial charge is 0.379 e. The van der Waals surface area contributed by atoms with Gasteiger partial charge in [0.05, 0.1) is 51.7 Å². The van der Waals surface area contributed by atoms with Crippen LogP contribution in [0.3, 0.4) is 0 Å². The van der Waals surface area contributed by atoms with E-state index in [0.29, 0.717) is 25.0 Å². The molecule has 0 aromatic carbocycles. The minimum Gasteiger partial charge on any atom is -0.379 e. The second-order valence-electron chi connectivity index (χ2n) is 25.5. The van der Waals surface area contributed by atoms with Crippen LogP contribution in [-0.4, -0.2) is 106 Å². The Labute approximate surface area is 629 Å². The van der Waals surface area contributed by atoms with E-state index in [-0.39, 0.29) is 26.3 Å². The highest BCUT2D eigenvalue weighted by molar-refractivity contribution is 7.47. The number of unbranched alkanes of at least 4 members (excludes halogenated alkanes) is 28. The highest BCUT2D eigenvalue weighted by Crippen LogP contribution is 2.44. The average Bonchev–Trinajstić information content (AvgIpc) is 0.927. The van der Waals surface area contributed by atoms with E-state index >= 15 is 0 Å². The van der Waals surface area contributed by atoms with Gasteiger partial charge in [0.15, 0.2) is 0 Å².